The molecule has 63 heavy (non-hydrogen) atoms. The first-order valence-corrected chi connectivity index (χ1v) is 22.8. The van der Waals surface area contributed by atoms with E-state index < -0.39 is 113 Å². The number of hydrogen-bond acceptors (Lipinski definition) is 15. The zero-order valence-electron chi connectivity index (χ0n) is 31.0. The van der Waals surface area contributed by atoms with E-state index in [4.69, 9.17) is 0 Å². The minimum atomic E-state index is -5.46. The molecule has 0 saturated heterocycles. The van der Waals surface area contributed by atoms with Crippen LogP contribution in [-0.4, -0.2) is 89.3 Å². The van der Waals surface area contributed by atoms with Crippen LogP contribution < -0.4 is 15.3 Å². The summed E-state index contributed by atoms with van der Waals surface area (Å²) in [5.74, 6) is -3.05. The van der Waals surface area contributed by atoms with Gasteiger partial charge >= 0.3 is 16.4 Å². The molecule has 324 valence electrons. The molecule has 0 fully saturated rings. The third-order valence-corrected chi connectivity index (χ3v) is 12.1. The number of nitrogens with one attached hydrogen (secondary N) is 2. The molecule has 0 bridgehead atoms. The normalized spacial score (nSPS) is 14.7. The first-order valence-electron chi connectivity index (χ1n) is 17.1. The summed E-state index contributed by atoms with van der Waals surface area (Å²) in [5, 5.41) is 15.7. The molecule has 0 aliphatic heterocycles. The number of allylic oxidation sites excluding steroid dienone is 1. The molecule has 5 aromatic carbocycles. The Hall–Kier alpha value is -7.11. The fourth-order valence-electron chi connectivity index (χ4n) is 6.04. The molecule has 1 aliphatic rings. The SMILES string of the molecule is O=C1/C(=N/Nc2cc(N=c3nc(F)nc(N(c4ccc5ccccc5c4)S(=O)(=O)O)[nH]3)ccc2S(=O)(=O)O)C(S(=O)(=O)O)=Cc2cc(S(=O)(=O)O)cc(N=C(O)c3ccccc3)c21. The van der Waals surface area contributed by atoms with Crippen molar-refractivity contribution in [2.24, 2.45) is 15.1 Å². The van der Waals surface area contributed by atoms with Gasteiger partial charge in [-0.25, -0.2) is 9.98 Å². The van der Waals surface area contributed by atoms with Gasteiger partial charge in [0, 0.05) is 5.56 Å². The molecule has 1 aromatic heterocycles. The second-order valence-corrected chi connectivity index (χ2v) is 18.3. The van der Waals surface area contributed by atoms with Crippen LogP contribution in [0.15, 0.2) is 133 Å². The molecule has 1 heterocycles. The van der Waals surface area contributed by atoms with Crippen LogP contribution in [0.2, 0.25) is 0 Å². The fourth-order valence-corrected chi connectivity index (χ4v) is 8.54. The van der Waals surface area contributed by atoms with Crippen molar-refractivity contribution in [1.29, 1.82) is 0 Å². The van der Waals surface area contributed by atoms with Crippen molar-refractivity contribution in [3.05, 3.63) is 136 Å². The Balaban J connectivity index is 1.34. The summed E-state index contributed by atoms with van der Waals surface area (Å²) >= 11 is 0. The maximum atomic E-state index is 14.9. The number of benzene rings is 5. The van der Waals surface area contributed by atoms with E-state index in [1.807, 2.05) is 0 Å². The number of hydrazone groups is 1. The molecule has 0 spiro atoms. The zero-order chi connectivity index (χ0) is 45.6. The molecular weight excluding hydrogens is 916 g/mol. The summed E-state index contributed by atoms with van der Waals surface area (Å²) < 4.78 is 155. The minimum Gasteiger partial charge on any atom is -0.493 e. The lowest BCUT2D eigenvalue weighted by atomic mass is 9.93. The van der Waals surface area contributed by atoms with Crippen LogP contribution in [0.25, 0.3) is 16.8 Å². The number of Topliss-reactive ketones (excluding diaryl/α,β-unsaturated/α-hetero) is 1. The molecule has 7 rings (SSSR count). The van der Waals surface area contributed by atoms with Crippen molar-refractivity contribution < 1.29 is 66.2 Å². The Bertz CT molecular complexity index is 3550. The van der Waals surface area contributed by atoms with E-state index in [9.17, 15) is 66.2 Å². The van der Waals surface area contributed by atoms with Crippen molar-refractivity contribution in [3.8, 4) is 0 Å². The number of anilines is 3. The summed E-state index contributed by atoms with van der Waals surface area (Å²) in [6.45, 7) is 0. The summed E-state index contributed by atoms with van der Waals surface area (Å²) in [4.78, 5) is 28.0. The molecule has 0 saturated carbocycles. The van der Waals surface area contributed by atoms with Crippen LogP contribution in [0.3, 0.4) is 0 Å². The van der Waals surface area contributed by atoms with Gasteiger partial charge < -0.3 is 5.11 Å². The number of nitrogens with zero attached hydrogens (tertiary/aromatic N) is 6. The Labute approximate surface area is 354 Å². The number of aliphatic imine (C=N–C) groups is 1. The third kappa shape index (κ3) is 9.54. The Morgan fingerprint density at radius 1 is 0.746 bits per heavy atom. The number of halogens is 1. The van der Waals surface area contributed by atoms with E-state index in [1.165, 1.54) is 42.5 Å². The van der Waals surface area contributed by atoms with Gasteiger partial charge in [0.15, 0.2) is 5.71 Å². The number of carbonyl (C=O) groups excluding carboxylic acids is 1. The first kappa shape index (κ1) is 44.0. The van der Waals surface area contributed by atoms with Crippen molar-refractivity contribution >= 4 is 104 Å². The number of hydrogen-bond donors (Lipinski definition) is 7. The van der Waals surface area contributed by atoms with Gasteiger partial charge in [0.2, 0.25) is 23.2 Å². The van der Waals surface area contributed by atoms with Crippen LogP contribution in [0.1, 0.15) is 21.5 Å². The van der Waals surface area contributed by atoms with Gasteiger partial charge in [0.25, 0.3) is 30.4 Å². The highest BCUT2D eigenvalue weighted by Gasteiger charge is 2.36. The number of aromatic nitrogens is 3. The van der Waals surface area contributed by atoms with Gasteiger partial charge in [0.05, 0.1) is 33.2 Å². The number of aliphatic hydroxyl groups is 1. The summed E-state index contributed by atoms with van der Waals surface area (Å²) in [6.07, 6.45) is -0.999. The van der Waals surface area contributed by atoms with E-state index in [2.05, 4.69) is 35.5 Å². The zero-order valence-corrected chi connectivity index (χ0v) is 34.3. The van der Waals surface area contributed by atoms with E-state index in [1.54, 1.807) is 30.3 Å². The Morgan fingerprint density at radius 2 is 1.43 bits per heavy atom. The lowest BCUT2D eigenvalue weighted by Gasteiger charge is -2.19. The highest BCUT2D eigenvalue weighted by atomic mass is 32.2. The molecular formula is C36H25FN8O14S4. The Kier molecular flexibility index (Phi) is 11.4. The van der Waals surface area contributed by atoms with E-state index in [-0.39, 0.29) is 21.2 Å². The van der Waals surface area contributed by atoms with Crippen molar-refractivity contribution in [2.45, 2.75) is 9.79 Å². The van der Waals surface area contributed by atoms with Gasteiger partial charge in [-0.05, 0) is 77.0 Å². The summed E-state index contributed by atoms with van der Waals surface area (Å²) in [5.41, 5.74) is -2.93. The van der Waals surface area contributed by atoms with E-state index in [0.29, 0.717) is 29.0 Å². The van der Waals surface area contributed by atoms with Crippen molar-refractivity contribution in [1.82, 2.24) is 15.0 Å². The number of aliphatic hydroxyl groups excluding tert-OH is 1. The van der Waals surface area contributed by atoms with Crippen molar-refractivity contribution in [2.75, 3.05) is 9.73 Å². The standard InChI is InChI=1S/C36H25FN8O14S4/c37-34-40-35(42-36(41-34)45(63(57,58)59)24-12-10-19-6-4-5-9-21(19)14-24)38-23-11-13-28(61(51,52)53)26(17-23)43-44-31-29(62(54,55)56)16-22-15-25(60(48,49)50)18-27(30(22)32(31)46)39-33(47)20-7-2-1-3-8-20/h1-18,43H,(H,39,47)(H,48,49,50)(H,51,52,53)(H,54,55,56)(H,57,58,59)(H,38,40,41,42)/b44-31+. The second-order valence-electron chi connectivity index (χ2n) is 12.9. The quantitative estimate of drug-likeness (QED) is 0.0412. The van der Waals surface area contributed by atoms with Gasteiger partial charge in [-0.3, -0.25) is 33.4 Å². The molecule has 1 aliphatic carbocycles. The minimum absolute atomic E-state index is 0.0683. The van der Waals surface area contributed by atoms with E-state index in [0.717, 1.165) is 18.2 Å². The number of rotatable bonds is 11. The second kappa shape index (κ2) is 16.3. The fraction of sp³-hybridized carbons (Fsp3) is 0. The first-order chi connectivity index (χ1) is 29.5. The van der Waals surface area contributed by atoms with Crippen LogP contribution in [0.5, 0.6) is 0 Å². The van der Waals surface area contributed by atoms with Crippen LogP contribution in [0, 0.1) is 6.08 Å². The smallest absolute Gasteiger partial charge is 0.366 e. The Morgan fingerprint density at radius 3 is 2.08 bits per heavy atom. The number of H-pyrrole nitrogens is 1. The molecule has 0 amide bonds. The molecule has 22 nitrogen and oxygen atoms in total. The molecule has 0 atom stereocenters. The van der Waals surface area contributed by atoms with Gasteiger partial charge in [-0.2, -0.15) is 57.4 Å². The predicted octanol–water partition coefficient (Wildman–Crippen LogP) is 4.29. The van der Waals surface area contributed by atoms with Crippen LogP contribution in [-0.2, 0) is 40.7 Å². The molecule has 7 N–H and O–H groups in total. The van der Waals surface area contributed by atoms with Gasteiger partial charge in [0.1, 0.15) is 9.80 Å². The molecule has 27 heteroatoms. The van der Waals surface area contributed by atoms with Gasteiger partial charge in [-0.15, -0.1) is 0 Å². The predicted molar refractivity (Wildman–Crippen MR) is 222 cm³/mol. The summed E-state index contributed by atoms with van der Waals surface area (Å²) in [7, 11) is -21.0. The topological polar surface area (TPSA) is 349 Å². The summed E-state index contributed by atoms with van der Waals surface area (Å²) in [6, 6.07) is 22.0. The lowest BCUT2D eigenvalue weighted by Crippen LogP contribution is -2.30. The molecule has 0 unspecified atom stereocenters. The number of carbonyl (C=O) groups is 1. The van der Waals surface area contributed by atoms with Crippen LogP contribution in [0.4, 0.5) is 33.1 Å². The number of ketones is 1. The van der Waals surface area contributed by atoms with Crippen LogP contribution >= 0.6 is 0 Å². The number of aromatic amines is 1. The number of fused-ring (bicyclic) bond motifs is 2. The average Bonchev–Trinajstić information content (AvgIpc) is 3.18. The van der Waals surface area contributed by atoms with E-state index >= 15 is 0 Å². The highest BCUT2D eigenvalue weighted by Crippen LogP contribution is 2.36. The average molecular weight is 941 g/mol. The monoisotopic (exact) mass is 940 g/mol. The lowest BCUT2D eigenvalue weighted by molar-refractivity contribution is 0.106. The highest BCUT2D eigenvalue weighted by molar-refractivity contribution is 7.91. The maximum absolute atomic E-state index is 14.9. The third-order valence-electron chi connectivity index (χ3n) is 8.69. The molecule has 6 aromatic rings. The molecule has 0 radical (unpaired) electrons. The van der Waals surface area contributed by atoms with Gasteiger partial charge in [-0.1, -0.05) is 48.5 Å². The largest absolute Gasteiger partial charge is 0.493 e. The van der Waals surface area contributed by atoms with Crippen molar-refractivity contribution in [3.63, 3.8) is 0 Å². The maximum Gasteiger partial charge on any atom is 0.366 e.